The van der Waals surface area contributed by atoms with Crippen LogP contribution in [0.4, 0.5) is 17.1 Å². The highest BCUT2D eigenvalue weighted by Gasteiger charge is 2.14. The molecule has 0 unspecified atom stereocenters. The fourth-order valence-corrected chi connectivity index (χ4v) is 2.13. The third kappa shape index (κ3) is 3.07. The van der Waals surface area contributed by atoms with Crippen LogP contribution in [0.25, 0.3) is 0 Å². The first-order chi connectivity index (χ1) is 9.51. The third-order valence-electron chi connectivity index (χ3n) is 2.52. The summed E-state index contributed by atoms with van der Waals surface area (Å²) in [7, 11) is 0. The lowest BCUT2D eigenvalue weighted by atomic mass is 10.1. The molecule has 100 valence electrons. The fourth-order valence-electron chi connectivity index (χ4n) is 1.61. The van der Waals surface area contributed by atoms with Gasteiger partial charge >= 0.3 is 0 Å². The Hall–Kier alpha value is -2.10. The van der Waals surface area contributed by atoms with Crippen LogP contribution in [-0.2, 0) is 0 Å². The van der Waals surface area contributed by atoms with Gasteiger partial charge in [0.05, 0.1) is 10.6 Å². The number of nitrogens with zero attached hydrogens (tertiary/aromatic N) is 2. The van der Waals surface area contributed by atoms with Gasteiger partial charge in [0.1, 0.15) is 11.6 Å². The van der Waals surface area contributed by atoms with E-state index >= 15 is 0 Å². The number of rotatable bonds is 3. The van der Waals surface area contributed by atoms with E-state index in [1.807, 2.05) is 6.07 Å². The van der Waals surface area contributed by atoms with E-state index in [1.54, 1.807) is 18.2 Å². The lowest BCUT2D eigenvalue weighted by Gasteiger charge is -2.09. The van der Waals surface area contributed by atoms with Crippen molar-refractivity contribution in [2.45, 2.75) is 0 Å². The van der Waals surface area contributed by atoms with Crippen LogP contribution in [0.1, 0.15) is 5.56 Å². The van der Waals surface area contributed by atoms with Crippen molar-refractivity contribution in [1.82, 2.24) is 0 Å². The highest BCUT2D eigenvalue weighted by Crippen LogP contribution is 2.30. The van der Waals surface area contributed by atoms with E-state index in [0.29, 0.717) is 16.4 Å². The van der Waals surface area contributed by atoms with Crippen molar-refractivity contribution >= 4 is 44.6 Å². The molecule has 1 N–H and O–H groups in total. The predicted octanol–water partition coefficient (Wildman–Crippen LogP) is 4.63. The third-order valence-corrected chi connectivity index (χ3v) is 3.45. The van der Waals surface area contributed by atoms with Crippen molar-refractivity contribution in [3.8, 4) is 6.07 Å². The fraction of sp³-hybridized carbons (Fsp3) is 0. The van der Waals surface area contributed by atoms with Crippen molar-refractivity contribution < 1.29 is 4.92 Å². The Morgan fingerprint density at radius 1 is 1.30 bits per heavy atom. The maximum absolute atomic E-state index is 10.8. The second kappa shape index (κ2) is 5.90. The zero-order valence-electron chi connectivity index (χ0n) is 9.93. The van der Waals surface area contributed by atoms with Crippen LogP contribution < -0.4 is 5.32 Å². The number of nitriles is 1. The second-order valence-corrected chi connectivity index (χ2v) is 5.14. The highest BCUT2D eigenvalue weighted by atomic mass is 79.9. The predicted molar refractivity (Wildman–Crippen MR) is 80.2 cm³/mol. The summed E-state index contributed by atoms with van der Waals surface area (Å²) < 4.78 is 0.791. The number of hydrogen-bond acceptors (Lipinski definition) is 4. The van der Waals surface area contributed by atoms with Crippen molar-refractivity contribution in [2.75, 3.05) is 5.32 Å². The molecule has 0 amide bonds. The largest absolute Gasteiger partial charge is 0.355 e. The van der Waals surface area contributed by atoms with Crippen LogP contribution >= 0.6 is 27.5 Å². The number of hydrogen-bond donors (Lipinski definition) is 1. The lowest BCUT2D eigenvalue weighted by Crippen LogP contribution is -1.96. The van der Waals surface area contributed by atoms with Crippen LogP contribution in [0.3, 0.4) is 0 Å². The number of nitro benzene ring substituents is 1. The van der Waals surface area contributed by atoms with Crippen LogP contribution in [-0.4, -0.2) is 4.92 Å². The van der Waals surface area contributed by atoms with Crippen molar-refractivity contribution in [3.05, 3.63) is 61.6 Å². The van der Waals surface area contributed by atoms with Gasteiger partial charge in [-0.05, 0) is 46.3 Å². The van der Waals surface area contributed by atoms with Gasteiger partial charge in [-0.3, -0.25) is 10.1 Å². The molecule has 7 heteroatoms. The molecule has 0 aliphatic rings. The Balaban J connectivity index is 2.38. The number of nitrogens with one attached hydrogen (secondary N) is 1. The summed E-state index contributed by atoms with van der Waals surface area (Å²) >= 11 is 9.27. The average Bonchev–Trinajstić information content (AvgIpc) is 2.42. The van der Waals surface area contributed by atoms with Gasteiger partial charge in [0.15, 0.2) is 0 Å². The summed E-state index contributed by atoms with van der Waals surface area (Å²) in [6.07, 6.45) is 0. The van der Waals surface area contributed by atoms with Crippen LogP contribution in [0.5, 0.6) is 0 Å². The lowest BCUT2D eigenvalue weighted by molar-refractivity contribution is -0.385. The molecular weight excluding hydrogens is 346 g/mol. The minimum Gasteiger partial charge on any atom is -0.355 e. The average molecular weight is 353 g/mol. The molecule has 5 nitrogen and oxygen atoms in total. The van der Waals surface area contributed by atoms with Gasteiger partial charge in [-0.15, -0.1) is 0 Å². The van der Waals surface area contributed by atoms with E-state index in [-0.39, 0.29) is 11.3 Å². The molecule has 0 aliphatic carbocycles. The standard InChI is InChI=1S/C13H7BrClN3O2/c14-11-3-1-9(15)6-12(11)17-10-2-4-13(18(19)20)8(5-10)7-16/h1-6,17H. The summed E-state index contributed by atoms with van der Waals surface area (Å²) in [6.45, 7) is 0. The summed E-state index contributed by atoms with van der Waals surface area (Å²) in [5, 5.41) is 23.3. The molecule has 2 aromatic carbocycles. The van der Waals surface area contributed by atoms with Crippen molar-refractivity contribution in [2.24, 2.45) is 0 Å². The highest BCUT2D eigenvalue weighted by molar-refractivity contribution is 9.10. The smallest absolute Gasteiger partial charge is 0.287 e. The molecule has 0 saturated carbocycles. The van der Waals surface area contributed by atoms with Gasteiger partial charge in [-0.2, -0.15) is 5.26 Å². The maximum Gasteiger partial charge on any atom is 0.287 e. The molecular formula is C13H7BrClN3O2. The van der Waals surface area contributed by atoms with Crippen molar-refractivity contribution in [3.63, 3.8) is 0 Å². The molecule has 0 atom stereocenters. The molecule has 0 aliphatic heterocycles. The number of benzene rings is 2. The molecule has 0 heterocycles. The van der Waals surface area contributed by atoms with Crippen LogP contribution in [0.15, 0.2) is 40.9 Å². The van der Waals surface area contributed by atoms with Gasteiger partial charge < -0.3 is 5.32 Å². The maximum atomic E-state index is 10.8. The van der Waals surface area contributed by atoms with Gasteiger partial charge in [-0.25, -0.2) is 0 Å². The molecule has 0 aromatic heterocycles. The summed E-state index contributed by atoms with van der Waals surface area (Å²) in [4.78, 5) is 10.2. The van der Waals surface area contributed by atoms with E-state index in [9.17, 15) is 10.1 Å². The molecule has 0 saturated heterocycles. The topological polar surface area (TPSA) is 79.0 Å². The van der Waals surface area contributed by atoms with Crippen molar-refractivity contribution in [1.29, 1.82) is 5.26 Å². The summed E-state index contributed by atoms with van der Waals surface area (Å²) in [5.41, 5.74) is 1.05. The molecule has 0 spiro atoms. The summed E-state index contributed by atoms with van der Waals surface area (Å²) in [5.74, 6) is 0. The Morgan fingerprint density at radius 3 is 2.70 bits per heavy atom. The molecule has 20 heavy (non-hydrogen) atoms. The Labute approximate surface area is 128 Å². The zero-order chi connectivity index (χ0) is 14.7. The van der Waals surface area contributed by atoms with Crippen LogP contribution in [0.2, 0.25) is 5.02 Å². The van der Waals surface area contributed by atoms with Gasteiger partial charge in [0, 0.05) is 21.2 Å². The van der Waals surface area contributed by atoms with Gasteiger partial charge in [0.2, 0.25) is 0 Å². The van der Waals surface area contributed by atoms with E-state index in [0.717, 1.165) is 4.47 Å². The minimum atomic E-state index is -0.586. The Bertz CT molecular complexity index is 728. The molecule has 0 fully saturated rings. The Morgan fingerprint density at radius 2 is 2.05 bits per heavy atom. The first-order valence-corrected chi connectivity index (χ1v) is 6.59. The van der Waals surface area contributed by atoms with E-state index < -0.39 is 4.92 Å². The number of halogens is 2. The van der Waals surface area contributed by atoms with E-state index in [1.165, 1.54) is 18.2 Å². The molecule has 0 bridgehead atoms. The minimum absolute atomic E-state index is 0.00171. The number of nitro groups is 1. The molecule has 2 rings (SSSR count). The zero-order valence-corrected chi connectivity index (χ0v) is 12.3. The van der Waals surface area contributed by atoms with E-state index in [2.05, 4.69) is 21.2 Å². The first kappa shape index (κ1) is 14.3. The first-order valence-electron chi connectivity index (χ1n) is 5.42. The SMILES string of the molecule is N#Cc1cc(Nc2cc(Cl)ccc2Br)ccc1[N+](=O)[O-]. The molecule has 2 aromatic rings. The Kier molecular flexibility index (Phi) is 4.23. The van der Waals surface area contributed by atoms with E-state index in [4.69, 9.17) is 16.9 Å². The monoisotopic (exact) mass is 351 g/mol. The van der Waals surface area contributed by atoms with Gasteiger partial charge in [-0.1, -0.05) is 11.6 Å². The molecule has 0 radical (unpaired) electrons. The normalized spacial score (nSPS) is 9.85. The quantitative estimate of drug-likeness (QED) is 0.645. The van der Waals surface area contributed by atoms with Crippen LogP contribution in [0, 0.1) is 21.4 Å². The number of anilines is 2. The van der Waals surface area contributed by atoms with Gasteiger partial charge in [0.25, 0.3) is 5.69 Å². The summed E-state index contributed by atoms with van der Waals surface area (Å²) in [6, 6.07) is 11.3. The second-order valence-electron chi connectivity index (χ2n) is 3.85.